The second kappa shape index (κ2) is 6.80. The lowest BCUT2D eigenvalue weighted by atomic mass is 10.0. The molecule has 4 rings (SSSR count). The standard InChI is InChI=1S/C21H18N4O/c1-15(17-12-11-16-7-5-6-8-18(16)13-17)23-21(26)20-14-22-25(24-20)19-9-3-2-4-10-19/h2-15H,1H3,(H,23,26)/t15-/m0/s1. The number of amides is 1. The summed E-state index contributed by atoms with van der Waals surface area (Å²) >= 11 is 0. The number of rotatable bonds is 4. The fourth-order valence-corrected chi connectivity index (χ4v) is 2.88. The van der Waals surface area contributed by atoms with Gasteiger partial charge in [-0.05, 0) is 41.5 Å². The van der Waals surface area contributed by atoms with Gasteiger partial charge in [0.2, 0.25) is 0 Å². The Morgan fingerprint density at radius 1 is 0.962 bits per heavy atom. The lowest BCUT2D eigenvalue weighted by Crippen LogP contribution is -2.27. The van der Waals surface area contributed by atoms with Crippen LogP contribution in [-0.4, -0.2) is 20.9 Å². The summed E-state index contributed by atoms with van der Waals surface area (Å²) in [4.78, 5) is 14.0. The molecule has 1 atom stereocenters. The molecule has 26 heavy (non-hydrogen) atoms. The van der Waals surface area contributed by atoms with Gasteiger partial charge in [-0.15, -0.1) is 5.10 Å². The maximum atomic E-state index is 12.5. The Bertz CT molecular complexity index is 1060. The molecule has 1 heterocycles. The van der Waals surface area contributed by atoms with E-state index < -0.39 is 0 Å². The topological polar surface area (TPSA) is 59.8 Å². The van der Waals surface area contributed by atoms with E-state index in [1.54, 1.807) is 0 Å². The minimum absolute atomic E-state index is 0.131. The van der Waals surface area contributed by atoms with Crippen molar-refractivity contribution >= 4 is 16.7 Å². The Labute approximate surface area is 151 Å². The third-order valence-corrected chi connectivity index (χ3v) is 4.33. The molecule has 0 saturated heterocycles. The number of nitrogens with zero attached hydrogens (tertiary/aromatic N) is 3. The van der Waals surface area contributed by atoms with Gasteiger partial charge in [-0.1, -0.05) is 54.6 Å². The zero-order valence-corrected chi connectivity index (χ0v) is 14.3. The molecule has 0 aliphatic rings. The summed E-state index contributed by atoms with van der Waals surface area (Å²) in [5.74, 6) is -0.243. The number of carbonyl (C=O) groups excluding carboxylic acids is 1. The number of para-hydroxylation sites is 1. The maximum Gasteiger partial charge on any atom is 0.273 e. The van der Waals surface area contributed by atoms with Crippen LogP contribution in [0.1, 0.15) is 29.0 Å². The highest BCUT2D eigenvalue weighted by molar-refractivity contribution is 5.92. The van der Waals surface area contributed by atoms with Crippen molar-refractivity contribution in [2.75, 3.05) is 0 Å². The lowest BCUT2D eigenvalue weighted by molar-refractivity contribution is 0.0934. The first-order valence-corrected chi connectivity index (χ1v) is 8.48. The van der Waals surface area contributed by atoms with Crippen molar-refractivity contribution < 1.29 is 4.79 Å². The minimum Gasteiger partial charge on any atom is -0.344 e. The number of nitrogens with one attached hydrogen (secondary N) is 1. The van der Waals surface area contributed by atoms with Crippen molar-refractivity contribution in [3.8, 4) is 5.69 Å². The molecule has 4 aromatic rings. The predicted molar refractivity (Wildman–Crippen MR) is 101 cm³/mol. The Balaban J connectivity index is 1.51. The predicted octanol–water partition coefficient (Wildman–Crippen LogP) is 3.91. The number of carbonyl (C=O) groups is 1. The van der Waals surface area contributed by atoms with Crippen LogP contribution >= 0.6 is 0 Å². The number of fused-ring (bicyclic) bond motifs is 1. The third kappa shape index (κ3) is 3.19. The summed E-state index contributed by atoms with van der Waals surface area (Å²) in [6.07, 6.45) is 1.48. The molecule has 1 aromatic heterocycles. The summed E-state index contributed by atoms with van der Waals surface area (Å²) in [6, 6.07) is 23.7. The van der Waals surface area contributed by atoms with Crippen molar-refractivity contribution in [2.45, 2.75) is 13.0 Å². The molecule has 5 nitrogen and oxygen atoms in total. The van der Waals surface area contributed by atoms with Gasteiger partial charge in [-0.2, -0.15) is 9.90 Å². The van der Waals surface area contributed by atoms with Gasteiger partial charge in [-0.25, -0.2) is 0 Å². The monoisotopic (exact) mass is 342 g/mol. The summed E-state index contributed by atoms with van der Waals surface area (Å²) < 4.78 is 0. The van der Waals surface area contributed by atoms with Crippen molar-refractivity contribution in [2.24, 2.45) is 0 Å². The molecule has 0 bridgehead atoms. The van der Waals surface area contributed by atoms with Gasteiger partial charge in [-0.3, -0.25) is 4.79 Å². The fraction of sp³-hybridized carbons (Fsp3) is 0.0952. The molecule has 5 heteroatoms. The Morgan fingerprint density at radius 2 is 1.69 bits per heavy atom. The minimum atomic E-state index is -0.243. The van der Waals surface area contributed by atoms with Crippen LogP contribution in [0.3, 0.4) is 0 Å². The van der Waals surface area contributed by atoms with Crippen molar-refractivity contribution in [3.05, 3.63) is 90.3 Å². The zero-order valence-electron chi connectivity index (χ0n) is 14.3. The highest BCUT2D eigenvalue weighted by Gasteiger charge is 2.15. The van der Waals surface area contributed by atoms with Crippen molar-refractivity contribution in [3.63, 3.8) is 0 Å². The second-order valence-electron chi connectivity index (χ2n) is 6.16. The molecule has 128 valence electrons. The van der Waals surface area contributed by atoms with Crippen LogP contribution in [0.2, 0.25) is 0 Å². The van der Waals surface area contributed by atoms with Gasteiger partial charge >= 0.3 is 0 Å². The highest BCUT2D eigenvalue weighted by Crippen LogP contribution is 2.20. The van der Waals surface area contributed by atoms with Crippen LogP contribution in [0.25, 0.3) is 16.5 Å². The van der Waals surface area contributed by atoms with E-state index in [0.29, 0.717) is 5.69 Å². The molecule has 0 spiro atoms. The smallest absolute Gasteiger partial charge is 0.273 e. The zero-order chi connectivity index (χ0) is 17.9. The van der Waals surface area contributed by atoms with Crippen molar-refractivity contribution in [1.29, 1.82) is 0 Å². The average Bonchev–Trinajstić information content (AvgIpc) is 3.18. The summed E-state index contributed by atoms with van der Waals surface area (Å²) in [6.45, 7) is 1.96. The molecule has 1 N–H and O–H groups in total. The van der Waals surface area contributed by atoms with Gasteiger partial charge in [0.05, 0.1) is 17.9 Å². The largest absolute Gasteiger partial charge is 0.344 e. The van der Waals surface area contributed by atoms with Gasteiger partial charge in [0, 0.05) is 0 Å². The van der Waals surface area contributed by atoms with Crippen LogP contribution in [0.5, 0.6) is 0 Å². The molecular formula is C21H18N4O. The molecule has 0 aliphatic heterocycles. The first kappa shape index (κ1) is 16.0. The van der Waals surface area contributed by atoms with Gasteiger partial charge in [0.1, 0.15) is 0 Å². The van der Waals surface area contributed by atoms with Crippen LogP contribution in [0, 0.1) is 0 Å². The van der Waals surface area contributed by atoms with E-state index in [1.807, 2.05) is 55.5 Å². The van der Waals surface area contributed by atoms with Gasteiger partial charge in [0.15, 0.2) is 5.69 Å². The first-order valence-electron chi connectivity index (χ1n) is 8.48. The summed E-state index contributed by atoms with van der Waals surface area (Å²) in [5.41, 5.74) is 2.16. The molecule has 1 amide bonds. The van der Waals surface area contributed by atoms with E-state index in [-0.39, 0.29) is 11.9 Å². The normalized spacial score (nSPS) is 12.0. The SMILES string of the molecule is C[C@H](NC(=O)c1cnn(-c2ccccc2)n1)c1ccc2ccccc2c1. The number of hydrogen-bond acceptors (Lipinski definition) is 3. The third-order valence-electron chi connectivity index (χ3n) is 4.33. The van der Waals surface area contributed by atoms with Crippen LogP contribution < -0.4 is 5.32 Å². The van der Waals surface area contributed by atoms with Crippen LogP contribution in [0.15, 0.2) is 79.0 Å². The second-order valence-corrected chi connectivity index (χ2v) is 6.16. The molecule has 3 aromatic carbocycles. The Morgan fingerprint density at radius 3 is 2.50 bits per heavy atom. The van der Waals surface area contributed by atoms with E-state index in [0.717, 1.165) is 16.6 Å². The molecule has 0 fully saturated rings. The summed E-state index contributed by atoms with van der Waals surface area (Å²) in [5, 5.41) is 13.8. The molecule has 0 saturated carbocycles. The van der Waals surface area contributed by atoms with Gasteiger partial charge < -0.3 is 5.32 Å². The van der Waals surface area contributed by atoms with E-state index in [2.05, 4.69) is 39.8 Å². The number of hydrogen-bond donors (Lipinski definition) is 1. The maximum absolute atomic E-state index is 12.5. The van der Waals surface area contributed by atoms with Crippen molar-refractivity contribution in [1.82, 2.24) is 20.3 Å². The number of benzene rings is 3. The average molecular weight is 342 g/mol. The Kier molecular flexibility index (Phi) is 4.19. The van der Waals surface area contributed by atoms with E-state index in [1.165, 1.54) is 16.4 Å². The Hall–Kier alpha value is -3.47. The highest BCUT2D eigenvalue weighted by atomic mass is 16.2. The van der Waals surface area contributed by atoms with Crippen LogP contribution in [0.4, 0.5) is 0 Å². The number of aromatic nitrogens is 3. The fourth-order valence-electron chi connectivity index (χ4n) is 2.88. The lowest BCUT2D eigenvalue weighted by Gasteiger charge is -2.14. The molecular weight excluding hydrogens is 324 g/mol. The van der Waals surface area contributed by atoms with E-state index >= 15 is 0 Å². The van der Waals surface area contributed by atoms with Gasteiger partial charge in [0.25, 0.3) is 5.91 Å². The molecule has 0 radical (unpaired) electrons. The summed E-state index contributed by atoms with van der Waals surface area (Å²) in [7, 11) is 0. The quantitative estimate of drug-likeness (QED) is 0.612. The van der Waals surface area contributed by atoms with E-state index in [4.69, 9.17) is 0 Å². The molecule has 0 unspecified atom stereocenters. The molecule has 0 aliphatic carbocycles. The van der Waals surface area contributed by atoms with Crippen LogP contribution in [-0.2, 0) is 0 Å². The van der Waals surface area contributed by atoms with E-state index in [9.17, 15) is 4.79 Å². The first-order chi connectivity index (χ1) is 12.7.